The first-order valence-corrected chi connectivity index (χ1v) is 7.99. The van der Waals surface area contributed by atoms with Crippen LogP contribution in [-0.4, -0.2) is 30.9 Å². The zero-order valence-electron chi connectivity index (χ0n) is 13.8. The minimum absolute atomic E-state index is 0.0759. The Morgan fingerprint density at radius 1 is 1.15 bits per heavy atom. The molecule has 0 spiro atoms. The molecule has 2 N–H and O–H groups in total. The van der Waals surface area contributed by atoms with Crippen molar-refractivity contribution in [1.82, 2.24) is 5.32 Å². The predicted molar refractivity (Wildman–Crippen MR) is 94.5 cm³/mol. The maximum Gasteiger partial charge on any atom is 0.325 e. The third-order valence-electron chi connectivity index (χ3n) is 3.39. The standard InChI is InChI=1S/C18H16ClFN2O4/c1-11-14(19)6-3-7-15(11)22-16(23)10-26-17(24)9-21-18(25)12-4-2-5-13(20)8-12/h2-8H,9-10H2,1H3,(H,21,25)(H,22,23). The molecule has 2 amide bonds. The van der Waals surface area contributed by atoms with Crippen molar-refractivity contribution in [2.24, 2.45) is 0 Å². The van der Waals surface area contributed by atoms with Gasteiger partial charge in [0.1, 0.15) is 12.4 Å². The highest BCUT2D eigenvalue weighted by Crippen LogP contribution is 2.22. The summed E-state index contributed by atoms with van der Waals surface area (Å²) in [7, 11) is 0. The van der Waals surface area contributed by atoms with E-state index < -0.39 is 36.8 Å². The van der Waals surface area contributed by atoms with E-state index in [1.54, 1.807) is 25.1 Å². The lowest BCUT2D eigenvalue weighted by molar-refractivity contribution is -0.146. The minimum atomic E-state index is -0.798. The lowest BCUT2D eigenvalue weighted by atomic mass is 10.2. The molecule has 0 radical (unpaired) electrons. The van der Waals surface area contributed by atoms with Gasteiger partial charge in [0.25, 0.3) is 11.8 Å². The maximum absolute atomic E-state index is 13.0. The molecule has 0 atom stereocenters. The van der Waals surface area contributed by atoms with E-state index in [0.717, 1.165) is 6.07 Å². The first kappa shape index (κ1) is 19.4. The van der Waals surface area contributed by atoms with Crippen LogP contribution in [0.25, 0.3) is 0 Å². The van der Waals surface area contributed by atoms with E-state index in [4.69, 9.17) is 16.3 Å². The number of hydrogen-bond donors (Lipinski definition) is 2. The Labute approximate surface area is 154 Å². The molecular formula is C18H16ClFN2O4. The highest BCUT2D eigenvalue weighted by atomic mass is 35.5. The summed E-state index contributed by atoms with van der Waals surface area (Å²) in [6.45, 7) is 0.783. The number of benzene rings is 2. The molecule has 8 heteroatoms. The second-order valence-electron chi connectivity index (χ2n) is 5.31. The van der Waals surface area contributed by atoms with Gasteiger partial charge in [-0.15, -0.1) is 0 Å². The summed E-state index contributed by atoms with van der Waals surface area (Å²) in [5, 5.41) is 5.36. The molecule has 6 nitrogen and oxygen atoms in total. The number of anilines is 1. The highest BCUT2D eigenvalue weighted by Gasteiger charge is 2.12. The molecule has 2 aromatic rings. The number of carbonyl (C=O) groups is 3. The van der Waals surface area contributed by atoms with E-state index in [-0.39, 0.29) is 5.56 Å². The smallest absolute Gasteiger partial charge is 0.325 e. The summed E-state index contributed by atoms with van der Waals surface area (Å²) in [6.07, 6.45) is 0. The van der Waals surface area contributed by atoms with Crippen molar-refractivity contribution in [3.63, 3.8) is 0 Å². The van der Waals surface area contributed by atoms with Gasteiger partial charge < -0.3 is 15.4 Å². The molecular weight excluding hydrogens is 363 g/mol. The highest BCUT2D eigenvalue weighted by molar-refractivity contribution is 6.31. The van der Waals surface area contributed by atoms with E-state index >= 15 is 0 Å². The lowest BCUT2D eigenvalue weighted by Crippen LogP contribution is -2.32. The van der Waals surface area contributed by atoms with Gasteiger partial charge in [0.15, 0.2) is 6.61 Å². The average Bonchev–Trinajstić information content (AvgIpc) is 2.61. The molecule has 0 heterocycles. The quantitative estimate of drug-likeness (QED) is 0.757. The molecule has 0 saturated carbocycles. The number of ether oxygens (including phenoxy) is 1. The number of halogens is 2. The summed E-state index contributed by atoms with van der Waals surface area (Å²) < 4.78 is 17.8. The van der Waals surface area contributed by atoms with Crippen molar-refractivity contribution in [3.05, 3.63) is 64.4 Å². The van der Waals surface area contributed by atoms with E-state index in [0.29, 0.717) is 16.3 Å². The number of hydrogen-bond acceptors (Lipinski definition) is 4. The number of carbonyl (C=O) groups excluding carboxylic acids is 3. The zero-order valence-corrected chi connectivity index (χ0v) is 14.6. The fourth-order valence-corrected chi connectivity index (χ4v) is 2.19. The molecule has 0 saturated heterocycles. The first-order chi connectivity index (χ1) is 12.4. The van der Waals surface area contributed by atoms with Gasteiger partial charge in [0, 0.05) is 16.3 Å². The summed E-state index contributed by atoms with van der Waals surface area (Å²) >= 11 is 5.96. The average molecular weight is 379 g/mol. The van der Waals surface area contributed by atoms with Gasteiger partial charge in [-0.05, 0) is 42.8 Å². The van der Waals surface area contributed by atoms with Crippen LogP contribution >= 0.6 is 11.6 Å². The Hall–Kier alpha value is -2.93. The summed E-state index contributed by atoms with van der Waals surface area (Å²) in [5.41, 5.74) is 1.28. The molecule has 0 fully saturated rings. The van der Waals surface area contributed by atoms with Crippen LogP contribution in [0.1, 0.15) is 15.9 Å². The van der Waals surface area contributed by atoms with Crippen LogP contribution in [0.3, 0.4) is 0 Å². The normalized spacial score (nSPS) is 10.1. The number of nitrogens with one attached hydrogen (secondary N) is 2. The fourth-order valence-electron chi connectivity index (χ4n) is 2.01. The van der Waals surface area contributed by atoms with Gasteiger partial charge in [-0.3, -0.25) is 14.4 Å². The Morgan fingerprint density at radius 3 is 2.62 bits per heavy atom. The van der Waals surface area contributed by atoms with Crippen molar-refractivity contribution < 1.29 is 23.5 Å². The predicted octanol–water partition coefficient (Wildman–Crippen LogP) is 2.70. The van der Waals surface area contributed by atoms with Gasteiger partial charge >= 0.3 is 5.97 Å². The lowest BCUT2D eigenvalue weighted by Gasteiger charge is -2.10. The summed E-state index contributed by atoms with van der Waals surface area (Å²) in [4.78, 5) is 35.2. The van der Waals surface area contributed by atoms with Gasteiger partial charge in [-0.25, -0.2) is 4.39 Å². The van der Waals surface area contributed by atoms with E-state index in [1.165, 1.54) is 18.2 Å². The molecule has 2 aromatic carbocycles. The van der Waals surface area contributed by atoms with Crippen LogP contribution in [-0.2, 0) is 14.3 Å². The summed E-state index contributed by atoms with van der Waals surface area (Å²) in [6, 6.07) is 10.1. The Bertz CT molecular complexity index is 842. The third-order valence-corrected chi connectivity index (χ3v) is 3.80. The van der Waals surface area contributed by atoms with Crippen molar-refractivity contribution >= 4 is 35.1 Å². The third kappa shape index (κ3) is 5.56. The molecule has 26 heavy (non-hydrogen) atoms. The molecule has 0 aromatic heterocycles. The number of rotatable bonds is 6. The molecule has 136 valence electrons. The fraction of sp³-hybridized carbons (Fsp3) is 0.167. The SMILES string of the molecule is Cc1c(Cl)cccc1NC(=O)COC(=O)CNC(=O)c1cccc(F)c1. The van der Waals surface area contributed by atoms with Crippen LogP contribution in [0.2, 0.25) is 5.02 Å². The monoisotopic (exact) mass is 378 g/mol. The largest absolute Gasteiger partial charge is 0.454 e. The van der Waals surface area contributed by atoms with E-state index in [2.05, 4.69) is 10.6 Å². The van der Waals surface area contributed by atoms with Crippen LogP contribution < -0.4 is 10.6 Å². The topological polar surface area (TPSA) is 84.5 Å². The van der Waals surface area contributed by atoms with E-state index in [1.807, 2.05) is 0 Å². The molecule has 0 aliphatic rings. The number of amides is 2. The molecule has 0 bridgehead atoms. The van der Waals surface area contributed by atoms with E-state index in [9.17, 15) is 18.8 Å². The van der Waals surface area contributed by atoms with Gasteiger partial charge in [-0.1, -0.05) is 23.7 Å². The molecule has 2 rings (SSSR count). The zero-order chi connectivity index (χ0) is 19.1. The van der Waals surface area contributed by atoms with Crippen molar-refractivity contribution in [1.29, 1.82) is 0 Å². The summed E-state index contributed by atoms with van der Waals surface area (Å²) in [5.74, 6) is -2.53. The Morgan fingerprint density at radius 2 is 1.88 bits per heavy atom. The van der Waals surface area contributed by atoms with Crippen LogP contribution in [0.4, 0.5) is 10.1 Å². The van der Waals surface area contributed by atoms with Crippen LogP contribution in [0, 0.1) is 12.7 Å². The van der Waals surface area contributed by atoms with Crippen molar-refractivity contribution in [3.8, 4) is 0 Å². The van der Waals surface area contributed by atoms with Gasteiger partial charge in [0.2, 0.25) is 0 Å². The van der Waals surface area contributed by atoms with Gasteiger partial charge in [-0.2, -0.15) is 0 Å². The minimum Gasteiger partial charge on any atom is -0.454 e. The van der Waals surface area contributed by atoms with Gasteiger partial charge in [0.05, 0.1) is 0 Å². The van der Waals surface area contributed by atoms with Crippen LogP contribution in [0.15, 0.2) is 42.5 Å². The second-order valence-corrected chi connectivity index (χ2v) is 5.72. The van der Waals surface area contributed by atoms with Crippen LogP contribution in [0.5, 0.6) is 0 Å². The molecule has 0 aliphatic carbocycles. The van der Waals surface area contributed by atoms with Crippen molar-refractivity contribution in [2.75, 3.05) is 18.5 Å². The molecule has 0 unspecified atom stereocenters. The van der Waals surface area contributed by atoms with Crippen molar-refractivity contribution in [2.45, 2.75) is 6.92 Å². The Kier molecular flexibility index (Phi) is 6.68. The number of esters is 1. The Balaban J connectivity index is 1.77. The maximum atomic E-state index is 13.0. The molecule has 0 aliphatic heterocycles. The second kappa shape index (κ2) is 8.96. The first-order valence-electron chi connectivity index (χ1n) is 7.61.